The number of rotatable bonds is 3. The van der Waals surface area contributed by atoms with Gasteiger partial charge in [-0.2, -0.15) is 0 Å². The predicted octanol–water partition coefficient (Wildman–Crippen LogP) is 3.57. The van der Waals surface area contributed by atoms with Crippen LogP contribution in [0, 0.1) is 0 Å². The van der Waals surface area contributed by atoms with Crippen molar-refractivity contribution >= 4 is 57.4 Å². The number of hydrogen-bond donors (Lipinski definition) is 1. The van der Waals surface area contributed by atoms with Gasteiger partial charge in [-0.05, 0) is 31.2 Å². The van der Waals surface area contributed by atoms with Crippen LogP contribution in [0.25, 0.3) is 0 Å². The van der Waals surface area contributed by atoms with Crippen molar-refractivity contribution in [1.82, 2.24) is 5.43 Å². The zero-order chi connectivity index (χ0) is 16.4. The van der Waals surface area contributed by atoms with E-state index in [1.807, 2.05) is 37.3 Å². The average molecular weight is 366 g/mol. The molecule has 23 heavy (non-hydrogen) atoms. The average Bonchev–Trinajstić information content (AvgIpc) is 3.10. The molecule has 0 radical (unpaired) electrons. The number of thioether (sulfide) groups is 1. The number of amides is 2. The van der Waals surface area contributed by atoms with Crippen molar-refractivity contribution in [1.29, 1.82) is 0 Å². The summed E-state index contributed by atoms with van der Waals surface area (Å²) in [5.74, 6) is -0.414. The van der Waals surface area contributed by atoms with Crippen LogP contribution in [-0.4, -0.2) is 22.2 Å². The number of nitrogens with one attached hydrogen (secondary N) is 1. The third kappa shape index (κ3) is 3.41. The second-order valence-corrected chi connectivity index (χ2v) is 7.73. The van der Waals surface area contributed by atoms with E-state index in [0.717, 1.165) is 5.69 Å². The highest BCUT2D eigenvalue weighted by Gasteiger charge is 2.36. The van der Waals surface area contributed by atoms with Gasteiger partial charge in [0.15, 0.2) is 5.17 Å². The summed E-state index contributed by atoms with van der Waals surface area (Å²) in [5, 5.41) is 4.32. The number of carbonyl (C=O) groups excluding carboxylic acids is 2. The summed E-state index contributed by atoms with van der Waals surface area (Å²) in [4.78, 5) is 26.3. The molecule has 2 aromatic rings. The fourth-order valence-corrected chi connectivity index (χ4v) is 3.87. The molecule has 8 heteroatoms. The van der Waals surface area contributed by atoms with Crippen molar-refractivity contribution in [2.24, 2.45) is 5.10 Å². The summed E-state index contributed by atoms with van der Waals surface area (Å²) in [6, 6.07) is 12.5. The molecule has 118 valence electrons. The molecule has 2 amide bonds. The summed E-state index contributed by atoms with van der Waals surface area (Å²) in [6.07, 6.45) is 0. The van der Waals surface area contributed by atoms with E-state index in [2.05, 4.69) is 10.5 Å². The standard InChI is InChI=1S/C15H12ClN3O2S2/c1-9-14(21)19(10-5-3-2-4-6-10)15(22-9)18-17-13(20)11-7-8-12(16)23-11/h2-9H,1H3,(H,17,20). The fourth-order valence-electron chi connectivity index (χ4n) is 2.02. The molecule has 1 saturated heterocycles. The van der Waals surface area contributed by atoms with Crippen LogP contribution in [0.5, 0.6) is 0 Å². The van der Waals surface area contributed by atoms with Crippen molar-refractivity contribution in [3.63, 3.8) is 0 Å². The molecule has 2 heterocycles. The Bertz CT molecular complexity index is 776. The third-order valence-electron chi connectivity index (χ3n) is 3.11. The van der Waals surface area contributed by atoms with Crippen molar-refractivity contribution in [2.75, 3.05) is 4.90 Å². The molecule has 1 aromatic carbocycles. The van der Waals surface area contributed by atoms with Gasteiger partial charge in [-0.15, -0.1) is 16.4 Å². The van der Waals surface area contributed by atoms with Crippen LogP contribution in [0.1, 0.15) is 16.6 Å². The van der Waals surface area contributed by atoms with Crippen LogP contribution in [0.15, 0.2) is 47.6 Å². The van der Waals surface area contributed by atoms with E-state index in [0.29, 0.717) is 14.4 Å². The fraction of sp³-hybridized carbons (Fsp3) is 0.133. The Morgan fingerprint density at radius 2 is 2.00 bits per heavy atom. The monoisotopic (exact) mass is 365 g/mol. The molecule has 0 bridgehead atoms. The van der Waals surface area contributed by atoms with Gasteiger partial charge in [0, 0.05) is 0 Å². The molecule has 1 aromatic heterocycles. The van der Waals surface area contributed by atoms with Crippen LogP contribution in [0.3, 0.4) is 0 Å². The number of thiophene rings is 1. The number of hydrazone groups is 1. The second-order valence-electron chi connectivity index (χ2n) is 4.71. The summed E-state index contributed by atoms with van der Waals surface area (Å²) in [5.41, 5.74) is 3.20. The first-order valence-electron chi connectivity index (χ1n) is 6.75. The number of hydrogen-bond acceptors (Lipinski definition) is 5. The number of amidine groups is 1. The maximum atomic E-state index is 12.3. The van der Waals surface area contributed by atoms with E-state index in [-0.39, 0.29) is 17.1 Å². The molecular weight excluding hydrogens is 354 g/mol. The lowest BCUT2D eigenvalue weighted by Gasteiger charge is -2.15. The predicted molar refractivity (Wildman–Crippen MR) is 95.2 cm³/mol. The molecule has 1 atom stereocenters. The zero-order valence-electron chi connectivity index (χ0n) is 12.0. The molecule has 1 aliphatic heterocycles. The topological polar surface area (TPSA) is 61.8 Å². The van der Waals surface area contributed by atoms with Crippen molar-refractivity contribution < 1.29 is 9.59 Å². The molecular formula is C15H12ClN3O2S2. The Kier molecular flexibility index (Phi) is 4.70. The maximum absolute atomic E-state index is 12.3. The minimum absolute atomic E-state index is 0.0617. The molecule has 1 aliphatic rings. The Labute approximate surface area is 146 Å². The first-order chi connectivity index (χ1) is 11.1. The Morgan fingerprint density at radius 3 is 2.65 bits per heavy atom. The quantitative estimate of drug-likeness (QED) is 0.846. The van der Waals surface area contributed by atoms with Gasteiger partial charge in [0.2, 0.25) is 5.91 Å². The summed E-state index contributed by atoms with van der Waals surface area (Å²) in [6.45, 7) is 1.81. The van der Waals surface area contributed by atoms with Gasteiger partial charge in [-0.3, -0.25) is 14.5 Å². The smallest absolute Gasteiger partial charge is 0.273 e. The lowest BCUT2D eigenvalue weighted by atomic mass is 10.3. The second kappa shape index (κ2) is 6.74. The van der Waals surface area contributed by atoms with Crippen molar-refractivity contribution in [3.05, 3.63) is 51.7 Å². The van der Waals surface area contributed by atoms with E-state index < -0.39 is 0 Å². The van der Waals surface area contributed by atoms with Crippen LogP contribution >= 0.6 is 34.7 Å². The maximum Gasteiger partial charge on any atom is 0.281 e. The summed E-state index contributed by atoms with van der Waals surface area (Å²) in [7, 11) is 0. The van der Waals surface area contributed by atoms with Crippen molar-refractivity contribution in [2.45, 2.75) is 12.2 Å². The Hall–Kier alpha value is -1.83. The lowest BCUT2D eigenvalue weighted by molar-refractivity contribution is -0.116. The van der Waals surface area contributed by atoms with Crippen molar-refractivity contribution in [3.8, 4) is 0 Å². The van der Waals surface area contributed by atoms with Gasteiger partial charge < -0.3 is 0 Å². The molecule has 0 spiro atoms. The largest absolute Gasteiger partial charge is 0.281 e. The van der Waals surface area contributed by atoms with Gasteiger partial charge in [-0.25, -0.2) is 5.43 Å². The first kappa shape index (κ1) is 16.0. The van der Waals surface area contributed by atoms with E-state index in [9.17, 15) is 9.59 Å². The molecule has 3 rings (SSSR count). The number of carbonyl (C=O) groups is 2. The van der Waals surface area contributed by atoms with Crippen LogP contribution in [0.4, 0.5) is 5.69 Å². The van der Waals surface area contributed by atoms with E-state index >= 15 is 0 Å². The number of benzene rings is 1. The molecule has 0 aliphatic carbocycles. The Balaban J connectivity index is 1.82. The SMILES string of the molecule is CC1SC(=NNC(=O)c2ccc(Cl)s2)N(c2ccccc2)C1=O. The van der Waals surface area contributed by atoms with Gasteiger partial charge >= 0.3 is 0 Å². The highest BCUT2D eigenvalue weighted by Crippen LogP contribution is 2.31. The van der Waals surface area contributed by atoms with Crippen LogP contribution in [0.2, 0.25) is 4.34 Å². The minimum Gasteiger partial charge on any atom is -0.273 e. The van der Waals surface area contributed by atoms with E-state index in [4.69, 9.17) is 11.6 Å². The molecule has 0 saturated carbocycles. The van der Waals surface area contributed by atoms with Gasteiger partial charge in [0.1, 0.15) is 0 Å². The summed E-state index contributed by atoms with van der Waals surface area (Å²) >= 11 is 8.30. The van der Waals surface area contributed by atoms with Gasteiger partial charge in [0.05, 0.1) is 20.2 Å². The third-order valence-corrected chi connectivity index (χ3v) is 5.38. The van der Waals surface area contributed by atoms with Crippen LogP contribution in [-0.2, 0) is 4.79 Å². The number of halogens is 1. The number of nitrogens with zero attached hydrogens (tertiary/aromatic N) is 2. The zero-order valence-corrected chi connectivity index (χ0v) is 14.4. The highest BCUT2D eigenvalue weighted by molar-refractivity contribution is 8.16. The van der Waals surface area contributed by atoms with E-state index in [1.54, 1.807) is 12.1 Å². The highest BCUT2D eigenvalue weighted by atomic mass is 35.5. The molecule has 1 N–H and O–H groups in total. The van der Waals surface area contributed by atoms with E-state index in [1.165, 1.54) is 28.0 Å². The van der Waals surface area contributed by atoms with Gasteiger partial charge in [0.25, 0.3) is 5.91 Å². The Morgan fingerprint density at radius 1 is 1.26 bits per heavy atom. The number of para-hydroxylation sites is 1. The molecule has 1 unspecified atom stereocenters. The number of anilines is 1. The molecule has 1 fully saturated rings. The first-order valence-corrected chi connectivity index (χ1v) is 8.82. The van der Waals surface area contributed by atoms with Crippen LogP contribution < -0.4 is 10.3 Å². The lowest BCUT2D eigenvalue weighted by Crippen LogP contribution is -2.32. The molecule has 5 nitrogen and oxygen atoms in total. The minimum atomic E-state index is -0.352. The summed E-state index contributed by atoms with van der Waals surface area (Å²) < 4.78 is 0.535. The van der Waals surface area contributed by atoms with Gasteiger partial charge in [-0.1, -0.05) is 41.6 Å². The normalized spacial score (nSPS) is 19.4.